The molecule has 0 atom stereocenters. The van der Waals surface area contributed by atoms with E-state index in [2.05, 4.69) is 20.7 Å². The number of para-hydroxylation sites is 1. The quantitative estimate of drug-likeness (QED) is 0.301. The van der Waals surface area contributed by atoms with Crippen molar-refractivity contribution in [3.63, 3.8) is 0 Å². The average molecular weight is 449 g/mol. The SMILES string of the molecule is O=C(N/N=C/c1ccc(F)cc1)c1cc(-c2ccccc2OCc2ccccc2Cl)n[nH]1. The number of halogens is 2. The van der Waals surface area contributed by atoms with Gasteiger partial charge >= 0.3 is 0 Å². The van der Waals surface area contributed by atoms with Crippen LogP contribution in [0.5, 0.6) is 5.75 Å². The number of carbonyl (C=O) groups is 1. The number of nitrogens with zero attached hydrogens (tertiary/aromatic N) is 2. The number of aromatic nitrogens is 2. The summed E-state index contributed by atoms with van der Waals surface area (Å²) in [4.78, 5) is 12.4. The molecule has 0 radical (unpaired) electrons. The van der Waals surface area contributed by atoms with E-state index in [0.717, 1.165) is 11.1 Å². The first-order valence-corrected chi connectivity index (χ1v) is 10.1. The number of H-pyrrole nitrogens is 1. The van der Waals surface area contributed by atoms with Crippen molar-refractivity contribution in [2.75, 3.05) is 0 Å². The van der Waals surface area contributed by atoms with Crippen molar-refractivity contribution in [1.82, 2.24) is 15.6 Å². The van der Waals surface area contributed by atoms with Gasteiger partial charge in [-0.05, 0) is 42.0 Å². The first-order valence-electron chi connectivity index (χ1n) is 9.70. The first-order chi connectivity index (χ1) is 15.6. The molecule has 0 spiro atoms. The molecule has 4 aromatic rings. The van der Waals surface area contributed by atoms with Crippen LogP contribution >= 0.6 is 11.6 Å². The van der Waals surface area contributed by atoms with Gasteiger partial charge in [0.15, 0.2) is 0 Å². The third kappa shape index (κ3) is 5.19. The van der Waals surface area contributed by atoms with E-state index in [1.807, 2.05) is 48.5 Å². The molecule has 0 aliphatic heterocycles. The van der Waals surface area contributed by atoms with Gasteiger partial charge in [-0.15, -0.1) is 0 Å². The molecule has 0 fully saturated rings. The van der Waals surface area contributed by atoms with Gasteiger partial charge in [-0.25, -0.2) is 9.82 Å². The highest BCUT2D eigenvalue weighted by Gasteiger charge is 2.14. The Hall–Kier alpha value is -3.97. The van der Waals surface area contributed by atoms with Crippen molar-refractivity contribution >= 4 is 23.7 Å². The van der Waals surface area contributed by atoms with E-state index in [1.165, 1.54) is 18.3 Å². The zero-order valence-electron chi connectivity index (χ0n) is 16.8. The monoisotopic (exact) mass is 448 g/mol. The Morgan fingerprint density at radius 2 is 1.84 bits per heavy atom. The molecule has 0 unspecified atom stereocenters. The summed E-state index contributed by atoms with van der Waals surface area (Å²) in [6.07, 6.45) is 1.42. The largest absolute Gasteiger partial charge is 0.488 e. The molecule has 0 bridgehead atoms. The summed E-state index contributed by atoms with van der Waals surface area (Å²) in [5.41, 5.74) is 5.44. The second-order valence-corrected chi connectivity index (χ2v) is 7.20. The first kappa shape index (κ1) is 21.3. The summed E-state index contributed by atoms with van der Waals surface area (Å²) < 4.78 is 18.9. The zero-order valence-corrected chi connectivity index (χ0v) is 17.5. The van der Waals surface area contributed by atoms with Crippen LogP contribution in [0, 0.1) is 5.82 Å². The summed E-state index contributed by atoms with van der Waals surface area (Å²) >= 11 is 6.20. The van der Waals surface area contributed by atoms with Crippen molar-refractivity contribution in [3.05, 3.63) is 107 Å². The van der Waals surface area contributed by atoms with E-state index in [4.69, 9.17) is 16.3 Å². The molecule has 8 heteroatoms. The van der Waals surface area contributed by atoms with Gasteiger partial charge in [-0.1, -0.05) is 54.1 Å². The lowest BCUT2D eigenvalue weighted by Gasteiger charge is -2.11. The van der Waals surface area contributed by atoms with Gasteiger partial charge in [0.05, 0.1) is 11.9 Å². The Morgan fingerprint density at radius 3 is 2.66 bits per heavy atom. The molecule has 4 rings (SSSR count). The van der Waals surface area contributed by atoms with Crippen LogP contribution in [-0.2, 0) is 6.61 Å². The highest BCUT2D eigenvalue weighted by molar-refractivity contribution is 6.31. The van der Waals surface area contributed by atoms with Gasteiger partial charge in [-0.3, -0.25) is 9.89 Å². The van der Waals surface area contributed by atoms with Crippen LogP contribution in [0.3, 0.4) is 0 Å². The number of carbonyl (C=O) groups excluding carboxylic acids is 1. The van der Waals surface area contributed by atoms with Crippen LogP contribution in [0.15, 0.2) is 84.0 Å². The fourth-order valence-corrected chi connectivity index (χ4v) is 3.12. The van der Waals surface area contributed by atoms with Gasteiger partial charge < -0.3 is 4.74 Å². The topological polar surface area (TPSA) is 79.4 Å². The third-order valence-electron chi connectivity index (χ3n) is 4.58. The van der Waals surface area contributed by atoms with Gasteiger partial charge in [0.25, 0.3) is 5.91 Å². The van der Waals surface area contributed by atoms with E-state index in [0.29, 0.717) is 28.6 Å². The molecule has 1 amide bonds. The Labute approximate surface area is 188 Å². The van der Waals surface area contributed by atoms with E-state index in [1.54, 1.807) is 18.2 Å². The minimum absolute atomic E-state index is 0.233. The van der Waals surface area contributed by atoms with Crippen molar-refractivity contribution in [2.45, 2.75) is 6.61 Å². The number of hydrogen-bond donors (Lipinski definition) is 2. The van der Waals surface area contributed by atoms with Crippen molar-refractivity contribution in [2.24, 2.45) is 5.10 Å². The van der Waals surface area contributed by atoms with Crippen LogP contribution in [0.4, 0.5) is 4.39 Å². The molecule has 0 aliphatic carbocycles. The summed E-state index contributed by atoms with van der Waals surface area (Å²) in [5.74, 6) is -0.191. The van der Waals surface area contributed by atoms with Crippen LogP contribution in [0.25, 0.3) is 11.3 Å². The maximum Gasteiger partial charge on any atom is 0.289 e. The highest BCUT2D eigenvalue weighted by Crippen LogP contribution is 2.30. The van der Waals surface area contributed by atoms with Gasteiger partial charge in [0.1, 0.15) is 23.9 Å². The van der Waals surface area contributed by atoms with E-state index in [-0.39, 0.29) is 11.5 Å². The summed E-state index contributed by atoms with van der Waals surface area (Å²) in [6.45, 7) is 0.298. The molecule has 1 heterocycles. The Balaban J connectivity index is 1.44. The average Bonchev–Trinajstić information content (AvgIpc) is 3.30. The molecule has 1 aromatic heterocycles. The van der Waals surface area contributed by atoms with E-state index in [9.17, 15) is 9.18 Å². The van der Waals surface area contributed by atoms with Crippen molar-refractivity contribution in [3.8, 4) is 17.0 Å². The van der Waals surface area contributed by atoms with Crippen LogP contribution < -0.4 is 10.2 Å². The second-order valence-electron chi connectivity index (χ2n) is 6.79. The van der Waals surface area contributed by atoms with Crippen LogP contribution in [0.2, 0.25) is 5.02 Å². The number of nitrogens with one attached hydrogen (secondary N) is 2. The molecule has 3 aromatic carbocycles. The standard InChI is InChI=1S/C24H18ClFN4O2/c25-20-7-3-1-5-17(20)15-32-23-8-4-2-6-19(23)21-13-22(29-28-21)24(31)30-27-14-16-9-11-18(26)12-10-16/h1-14H,15H2,(H,28,29)(H,30,31)/b27-14+. The minimum Gasteiger partial charge on any atom is -0.488 e. The number of rotatable bonds is 7. The van der Waals surface area contributed by atoms with E-state index >= 15 is 0 Å². The number of benzene rings is 3. The summed E-state index contributed by atoms with van der Waals surface area (Å²) in [5, 5.41) is 11.5. The van der Waals surface area contributed by atoms with Crippen LogP contribution in [0.1, 0.15) is 21.6 Å². The number of hydrazone groups is 1. The molecule has 0 aliphatic rings. The van der Waals surface area contributed by atoms with Gasteiger partial charge in [-0.2, -0.15) is 10.2 Å². The predicted octanol–water partition coefficient (Wildman–Crippen LogP) is 5.21. The number of hydrogen-bond acceptors (Lipinski definition) is 4. The smallest absolute Gasteiger partial charge is 0.289 e. The Kier molecular flexibility index (Phi) is 6.57. The second kappa shape index (κ2) is 9.89. The molecule has 32 heavy (non-hydrogen) atoms. The van der Waals surface area contributed by atoms with Crippen LogP contribution in [-0.4, -0.2) is 22.3 Å². The number of ether oxygens (including phenoxy) is 1. The third-order valence-corrected chi connectivity index (χ3v) is 4.94. The summed E-state index contributed by atoms with van der Waals surface area (Å²) in [7, 11) is 0. The zero-order chi connectivity index (χ0) is 22.3. The Bertz CT molecular complexity index is 1250. The molecule has 160 valence electrons. The maximum atomic E-state index is 12.9. The lowest BCUT2D eigenvalue weighted by Crippen LogP contribution is -2.17. The predicted molar refractivity (Wildman–Crippen MR) is 121 cm³/mol. The highest BCUT2D eigenvalue weighted by atomic mass is 35.5. The Morgan fingerprint density at radius 1 is 1.09 bits per heavy atom. The molecule has 2 N–H and O–H groups in total. The minimum atomic E-state index is -0.462. The molecular formula is C24H18ClFN4O2. The van der Waals surface area contributed by atoms with Gasteiger partial charge in [0.2, 0.25) is 0 Å². The normalized spacial score (nSPS) is 10.9. The van der Waals surface area contributed by atoms with Crippen molar-refractivity contribution < 1.29 is 13.9 Å². The number of aromatic amines is 1. The lowest BCUT2D eigenvalue weighted by atomic mass is 10.1. The lowest BCUT2D eigenvalue weighted by molar-refractivity contribution is 0.0950. The molecular weight excluding hydrogens is 431 g/mol. The fraction of sp³-hybridized carbons (Fsp3) is 0.0417. The summed E-state index contributed by atoms with van der Waals surface area (Å²) in [6, 6.07) is 22.2. The van der Waals surface area contributed by atoms with Crippen molar-refractivity contribution in [1.29, 1.82) is 0 Å². The number of amides is 1. The molecule has 0 saturated carbocycles. The molecule has 0 saturated heterocycles. The van der Waals surface area contributed by atoms with E-state index < -0.39 is 5.91 Å². The fourth-order valence-electron chi connectivity index (χ4n) is 2.93. The maximum absolute atomic E-state index is 12.9. The molecule has 6 nitrogen and oxygen atoms in total. The van der Waals surface area contributed by atoms with Gasteiger partial charge in [0, 0.05) is 16.1 Å².